The summed E-state index contributed by atoms with van der Waals surface area (Å²) >= 11 is 5.05. The molecule has 18 heavy (non-hydrogen) atoms. The summed E-state index contributed by atoms with van der Waals surface area (Å²) in [5.41, 5.74) is 0. The predicted molar refractivity (Wildman–Crippen MR) is 77.2 cm³/mol. The molecule has 0 radical (unpaired) electrons. The van der Waals surface area contributed by atoms with Gasteiger partial charge < -0.3 is 5.11 Å². The average molecular weight is 332 g/mol. The zero-order valence-electron chi connectivity index (χ0n) is 10.5. The van der Waals surface area contributed by atoms with Crippen LogP contribution in [0.1, 0.15) is 41.5 Å². The molecule has 5 heteroatoms. The predicted octanol–water partition coefficient (Wildman–Crippen LogP) is 3.82. The molecular formula is C13H18BrNO2S. The molecule has 1 aliphatic rings. The van der Waals surface area contributed by atoms with Crippen molar-refractivity contribution in [3.05, 3.63) is 20.3 Å². The van der Waals surface area contributed by atoms with Crippen molar-refractivity contribution in [3.63, 3.8) is 0 Å². The average Bonchev–Trinajstić information content (AvgIpc) is 2.55. The molecule has 0 saturated carbocycles. The lowest BCUT2D eigenvalue weighted by atomic mass is 10.2. The van der Waals surface area contributed by atoms with Crippen molar-refractivity contribution in [2.45, 2.75) is 38.6 Å². The number of halogens is 1. The lowest BCUT2D eigenvalue weighted by Gasteiger charge is -2.26. The van der Waals surface area contributed by atoms with Gasteiger partial charge in [0.15, 0.2) is 0 Å². The zero-order valence-corrected chi connectivity index (χ0v) is 12.9. The standard InChI is InChI=1S/C13H18BrNO2S/c1-9-10(14)8-11(18-9)12(13(16)17)15-6-4-2-3-5-7-15/h8,12H,2-7H2,1H3,(H,16,17). The molecule has 0 aromatic carbocycles. The summed E-state index contributed by atoms with van der Waals surface area (Å²) in [6.45, 7) is 3.80. The lowest BCUT2D eigenvalue weighted by Crippen LogP contribution is -2.34. The Balaban J connectivity index is 2.24. The van der Waals surface area contributed by atoms with E-state index in [0.717, 1.165) is 40.2 Å². The number of carbonyl (C=O) groups is 1. The van der Waals surface area contributed by atoms with Gasteiger partial charge in [-0.1, -0.05) is 12.8 Å². The Morgan fingerprint density at radius 3 is 2.44 bits per heavy atom. The minimum atomic E-state index is -0.731. The van der Waals surface area contributed by atoms with Gasteiger partial charge >= 0.3 is 5.97 Å². The van der Waals surface area contributed by atoms with E-state index in [9.17, 15) is 9.90 Å². The van der Waals surface area contributed by atoms with Crippen molar-refractivity contribution in [2.75, 3.05) is 13.1 Å². The largest absolute Gasteiger partial charge is 0.480 e. The summed E-state index contributed by atoms with van der Waals surface area (Å²) in [6, 6.07) is 1.49. The third-order valence-electron chi connectivity index (χ3n) is 3.39. The third kappa shape index (κ3) is 3.13. The highest BCUT2D eigenvalue weighted by Gasteiger charge is 2.29. The van der Waals surface area contributed by atoms with E-state index < -0.39 is 12.0 Å². The number of hydrogen-bond acceptors (Lipinski definition) is 3. The van der Waals surface area contributed by atoms with Crippen molar-refractivity contribution in [2.24, 2.45) is 0 Å². The van der Waals surface area contributed by atoms with Gasteiger partial charge in [0.2, 0.25) is 0 Å². The summed E-state index contributed by atoms with van der Waals surface area (Å²) in [5.74, 6) is -0.731. The first kappa shape index (κ1) is 14.0. The number of rotatable bonds is 3. The highest BCUT2D eigenvalue weighted by atomic mass is 79.9. The molecule has 1 fully saturated rings. The third-order valence-corrected chi connectivity index (χ3v) is 5.57. The molecule has 0 bridgehead atoms. The SMILES string of the molecule is Cc1sc(C(C(=O)O)N2CCCCCC2)cc1Br. The molecule has 0 spiro atoms. The fourth-order valence-corrected chi connectivity index (χ4v) is 4.12. The smallest absolute Gasteiger partial charge is 0.326 e. The molecule has 1 aromatic rings. The fourth-order valence-electron chi connectivity index (χ4n) is 2.43. The number of carboxylic acid groups (broad SMARTS) is 1. The number of aryl methyl sites for hydroxylation is 1. The van der Waals surface area contributed by atoms with E-state index in [4.69, 9.17) is 0 Å². The van der Waals surface area contributed by atoms with Gasteiger partial charge in [0.25, 0.3) is 0 Å². The molecule has 1 saturated heterocycles. The van der Waals surface area contributed by atoms with Crippen molar-refractivity contribution in [1.29, 1.82) is 0 Å². The second-order valence-electron chi connectivity index (χ2n) is 4.74. The highest BCUT2D eigenvalue weighted by molar-refractivity contribution is 9.10. The summed E-state index contributed by atoms with van der Waals surface area (Å²) in [4.78, 5) is 15.8. The van der Waals surface area contributed by atoms with Crippen LogP contribution in [0.2, 0.25) is 0 Å². The molecule has 2 heterocycles. The van der Waals surface area contributed by atoms with E-state index in [2.05, 4.69) is 20.8 Å². The number of aliphatic carboxylic acids is 1. The zero-order chi connectivity index (χ0) is 13.1. The Bertz CT molecular complexity index is 405. The van der Waals surface area contributed by atoms with E-state index in [0.29, 0.717) is 0 Å². The fraction of sp³-hybridized carbons (Fsp3) is 0.615. The molecule has 1 N–H and O–H groups in total. The quantitative estimate of drug-likeness (QED) is 0.915. The van der Waals surface area contributed by atoms with Crippen molar-refractivity contribution < 1.29 is 9.90 Å². The second-order valence-corrected chi connectivity index (χ2v) is 6.89. The molecular weight excluding hydrogens is 314 g/mol. The number of thiophene rings is 1. The van der Waals surface area contributed by atoms with Crippen LogP contribution in [0.3, 0.4) is 0 Å². The molecule has 1 aliphatic heterocycles. The van der Waals surface area contributed by atoms with Crippen molar-refractivity contribution >= 4 is 33.2 Å². The Labute approximate surface area is 120 Å². The van der Waals surface area contributed by atoms with Crippen LogP contribution in [0.15, 0.2) is 10.5 Å². The topological polar surface area (TPSA) is 40.5 Å². The van der Waals surface area contributed by atoms with Gasteiger partial charge in [-0.2, -0.15) is 0 Å². The number of hydrogen-bond donors (Lipinski definition) is 1. The Morgan fingerprint density at radius 2 is 2.00 bits per heavy atom. The molecule has 2 rings (SSSR count). The van der Waals surface area contributed by atoms with Crippen LogP contribution in [0.4, 0.5) is 0 Å². The Kier molecular flexibility index (Phi) is 4.81. The molecule has 3 nitrogen and oxygen atoms in total. The first-order valence-corrected chi connectivity index (χ1v) is 7.93. The summed E-state index contributed by atoms with van der Waals surface area (Å²) in [6.07, 6.45) is 4.65. The Morgan fingerprint density at radius 1 is 1.39 bits per heavy atom. The minimum absolute atomic E-state index is 0.474. The number of carboxylic acids is 1. The first-order chi connectivity index (χ1) is 8.59. The van der Waals surface area contributed by atoms with E-state index in [1.807, 2.05) is 13.0 Å². The maximum atomic E-state index is 11.6. The highest BCUT2D eigenvalue weighted by Crippen LogP contribution is 2.34. The number of nitrogens with zero attached hydrogens (tertiary/aromatic N) is 1. The van der Waals surface area contributed by atoms with Gasteiger partial charge in [0.05, 0.1) is 0 Å². The Hall–Kier alpha value is -0.390. The summed E-state index contributed by atoms with van der Waals surface area (Å²) in [7, 11) is 0. The van der Waals surface area contributed by atoms with Gasteiger partial charge in [-0.3, -0.25) is 9.69 Å². The first-order valence-electron chi connectivity index (χ1n) is 6.32. The van der Waals surface area contributed by atoms with Gasteiger partial charge in [0, 0.05) is 14.2 Å². The van der Waals surface area contributed by atoms with Crippen LogP contribution in [0.5, 0.6) is 0 Å². The van der Waals surface area contributed by atoms with Crippen molar-refractivity contribution in [3.8, 4) is 0 Å². The van der Waals surface area contributed by atoms with Crippen LogP contribution >= 0.6 is 27.3 Å². The van der Waals surface area contributed by atoms with E-state index in [1.165, 1.54) is 12.8 Å². The van der Waals surface area contributed by atoms with Gasteiger partial charge in [-0.05, 0) is 54.9 Å². The van der Waals surface area contributed by atoms with Crippen LogP contribution in [0, 0.1) is 6.92 Å². The maximum Gasteiger partial charge on any atom is 0.326 e. The minimum Gasteiger partial charge on any atom is -0.480 e. The van der Waals surface area contributed by atoms with Crippen LogP contribution in [-0.4, -0.2) is 29.1 Å². The van der Waals surface area contributed by atoms with Crippen LogP contribution < -0.4 is 0 Å². The molecule has 1 aromatic heterocycles. The van der Waals surface area contributed by atoms with E-state index in [-0.39, 0.29) is 0 Å². The van der Waals surface area contributed by atoms with Gasteiger partial charge in [-0.15, -0.1) is 11.3 Å². The van der Waals surface area contributed by atoms with E-state index >= 15 is 0 Å². The summed E-state index contributed by atoms with van der Waals surface area (Å²) < 4.78 is 1.02. The van der Waals surface area contributed by atoms with E-state index in [1.54, 1.807) is 11.3 Å². The molecule has 1 atom stereocenters. The monoisotopic (exact) mass is 331 g/mol. The second kappa shape index (κ2) is 6.17. The molecule has 1 unspecified atom stereocenters. The lowest BCUT2D eigenvalue weighted by molar-refractivity contribution is -0.143. The maximum absolute atomic E-state index is 11.6. The van der Waals surface area contributed by atoms with Crippen LogP contribution in [0.25, 0.3) is 0 Å². The van der Waals surface area contributed by atoms with Crippen LogP contribution in [-0.2, 0) is 4.79 Å². The van der Waals surface area contributed by atoms with Gasteiger partial charge in [0.1, 0.15) is 6.04 Å². The molecule has 100 valence electrons. The van der Waals surface area contributed by atoms with Gasteiger partial charge in [-0.25, -0.2) is 0 Å². The molecule has 0 amide bonds. The van der Waals surface area contributed by atoms with Crippen molar-refractivity contribution in [1.82, 2.24) is 4.90 Å². The number of likely N-dealkylation sites (tertiary alicyclic amines) is 1. The molecule has 0 aliphatic carbocycles. The summed E-state index contributed by atoms with van der Waals surface area (Å²) in [5, 5.41) is 9.52. The normalized spacial score (nSPS) is 19.4.